The Morgan fingerprint density at radius 3 is 2.62 bits per heavy atom. The summed E-state index contributed by atoms with van der Waals surface area (Å²) in [7, 11) is 0. The number of rotatable bonds is 5. The molecule has 1 aromatic carbocycles. The van der Waals surface area contributed by atoms with Crippen LogP contribution in [0.1, 0.15) is 6.92 Å². The first-order valence-corrected chi connectivity index (χ1v) is 7.35. The van der Waals surface area contributed by atoms with E-state index in [1.165, 1.54) is 17.0 Å². The average molecular weight is 292 g/mol. The number of quaternary nitrogens is 1. The predicted octanol–water partition coefficient (Wildman–Crippen LogP) is 0.221. The molecule has 1 heterocycles. The van der Waals surface area contributed by atoms with Crippen LogP contribution in [-0.4, -0.2) is 44.7 Å². The molecule has 0 aromatic heterocycles. The zero-order valence-corrected chi connectivity index (χ0v) is 12.4. The van der Waals surface area contributed by atoms with Gasteiger partial charge in [0.05, 0.1) is 26.2 Å². The molecule has 21 heavy (non-hydrogen) atoms. The molecule has 1 aliphatic rings. The number of anilines is 1. The first-order chi connectivity index (χ1) is 10.1. The van der Waals surface area contributed by atoms with Crippen LogP contribution >= 0.6 is 0 Å². The van der Waals surface area contributed by atoms with Crippen molar-refractivity contribution in [3.8, 4) is 0 Å². The van der Waals surface area contributed by atoms with Crippen LogP contribution in [0.25, 0.3) is 0 Å². The molecule has 0 radical (unpaired) electrons. The van der Waals surface area contributed by atoms with E-state index in [1.54, 1.807) is 18.2 Å². The second-order valence-corrected chi connectivity index (χ2v) is 5.38. The van der Waals surface area contributed by atoms with Crippen molar-refractivity contribution in [2.45, 2.75) is 13.0 Å². The Morgan fingerprint density at radius 1 is 1.43 bits per heavy atom. The highest BCUT2D eigenvalue weighted by Crippen LogP contribution is 2.14. The minimum Gasteiger partial charge on any atom is -0.360 e. The maximum absolute atomic E-state index is 12.9. The van der Waals surface area contributed by atoms with E-state index < -0.39 is 0 Å². The van der Waals surface area contributed by atoms with Crippen molar-refractivity contribution in [2.24, 2.45) is 0 Å². The van der Waals surface area contributed by atoms with E-state index in [1.807, 2.05) is 6.92 Å². The Balaban J connectivity index is 1.86. The van der Waals surface area contributed by atoms with E-state index in [0.717, 1.165) is 31.9 Å². The number of piperazine rings is 1. The standard InChI is InChI=1S/C16H22FN3O/c1-3-8-18-16(21)13(2)19-9-11-20(12-10-19)15-6-4-14(17)5-7-15/h3-7,13H,1,8-12H2,2H3,(H,18,21)/p+1/t13-/m0/s1. The largest absolute Gasteiger partial charge is 0.360 e. The van der Waals surface area contributed by atoms with Crippen LogP contribution in [0.3, 0.4) is 0 Å². The van der Waals surface area contributed by atoms with Gasteiger partial charge in [-0.2, -0.15) is 0 Å². The lowest BCUT2D eigenvalue weighted by Gasteiger charge is -2.36. The maximum Gasteiger partial charge on any atom is 0.278 e. The van der Waals surface area contributed by atoms with Crippen LogP contribution in [0.5, 0.6) is 0 Å². The minimum atomic E-state index is -0.212. The van der Waals surface area contributed by atoms with Gasteiger partial charge in [0.2, 0.25) is 0 Å². The number of halogens is 1. The van der Waals surface area contributed by atoms with Crippen molar-refractivity contribution < 1.29 is 14.1 Å². The number of carbonyl (C=O) groups excluding carboxylic acids is 1. The third-order valence-electron chi connectivity index (χ3n) is 4.02. The molecule has 0 spiro atoms. The van der Waals surface area contributed by atoms with Gasteiger partial charge in [-0.15, -0.1) is 6.58 Å². The normalized spacial score (nSPS) is 17.3. The van der Waals surface area contributed by atoms with E-state index in [-0.39, 0.29) is 17.8 Å². The summed E-state index contributed by atoms with van der Waals surface area (Å²) in [6.45, 7) is 9.63. The fourth-order valence-electron chi connectivity index (χ4n) is 2.65. The van der Waals surface area contributed by atoms with Gasteiger partial charge in [-0.25, -0.2) is 4.39 Å². The molecule has 1 aromatic rings. The SMILES string of the molecule is C=CCNC(=O)[C@H](C)[NH+]1CCN(c2ccc(F)cc2)CC1. The Kier molecular flexibility index (Phi) is 5.33. The zero-order chi connectivity index (χ0) is 15.2. The maximum atomic E-state index is 12.9. The van der Waals surface area contributed by atoms with Gasteiger partial charge in [0, 0.05) is 12.2 Å². The summed E-state index contributed by atoms with van der Waals surface area (Å²) < 4.78 is 12.9. The zero-order valence-electron chi connectivity index (χ0n) is 12.4. The molecule has 1 atom stereocenters. The van der Waals surface area contributed by atoms with Crippen molar-refractivity contribution >= 4 is 11.6 Å². The van der Waals surface area contributed by atoms with Gasteiger partial charge in [0.1, 0.15) is 5.82 Å². The second-order valence-electron chi connectivity index (χ2n) is 5.38. The van der Waals surface area contributed by atoms with Crippen molar-refractivity contribution in [3.05, 3.63) is 42.7 Å². The van der Waals surface area contributed by atoms with Crippen molar-refractivity contribution in [2.75, 3.05) is 37.6 Å². The molecular weight excluding hydrogens is 269 g/mol. The molecular formula is C16H23FN3O+. The topological polar surface area (TPSA) is 36.8 Å². The molecule has 0 unspecified atom stereocenters. The highest BCUT2D eigenvalue weighted by atomic mass is 19.1. The highest BCUT2D eigenvalue weighted by molar-refractivity contribution is 5.80. The summed E-state index contributed by atoms with van der Waals surface area (Å²) in [6, 6.07) is 6.53. The van der Waals surface area contributed by atoms with Crippen LogP contribution in [0.4, 0.5) is 10.1 Å². The van der Waals surface area contributed by atoms with Crippen molar-refractivity contribution in [1.82, 2.24) is 5.32 Å². The quantitative estimate of drug-likeness (QED) is 0.762. The van der Waals surface area contributed by atoms with Gasteiger partial charge in [-0.1, -0.05) is 6.08 Å². The lowest BCUT2D eigenvalue weighted by molar-refractivity contribution is -0.914. The first kappa shape index (κ1) is 15.5. The molecule has 0 bridgehead atoms. The summed E-state index contributed by atoms with van der Waals surface area (Å²) in [4.78, 5) is 15.5. The summed E-state index contributed by atoms with van der Waals surface area (Å²) in [5.74, 6) is -0.143. The minimum absolute atomic E-state index is 0.0553. The third-order valence-corrected chi connectivity index (χ3v) is 4.02. The number of hydrogen-bond donors (Lipinski definition) is 2. The lowest BCUT2D eigenvalue weighted by atomic mass is 10.2. The van der Waals surface area contributed by atoms with E-state index in [4.69, 9.17) is 0 Å². The van der Waals surface area contributed by atoms with Crippen molar-refractivity contribution in [1.29, 1.82) is 0 Å². The van der Waals surface area contributed by atoms with E-state index >= 15 is 0 Å². The Labute approximate surface area is 125 Å². The van der Waals surface area contributed by atoms with Gasteiger partial charge in [0.15, 0.2) is 6.04 Å². The predicted molar refractivity (Wildman–Crippen MR) is 82.0 cm³/mol. The molecule has 1 amide bonds. The summed E-state index contributed by atoms with van der Waals surface area (Å²) >= 11 is 0. The van der Waals surface area contributed by atoms with Crippen LogP contribution in [0.15, 0.2) is 36.9 Å². The van der Waals surface area contributed by atoms with E-state index in [2.05, 4.69) is 16.8 Å². The molecule has 1 fully saturated rings. The highest BCUT2D eigenvalue weighted by Gasteiger charge is 2.28. The molecule has 0 saturated carbocycles. The fraction of sp³-hybridized carbons (Fsp3) is 0.438. The molecule has 2 N–H and O–H groups in total. The summed E-state index contributed by atoms with van der Waals surface area (Å²) in [5, 5.41) is 2.85. The molecule has 1 aliphatic heterocycles. The third kappa shape index (κ3) is 4.04. The van der Waals surface area contributed by atoms with Gasteiger partial charge in [-0.3, -0.25) is 4.79 Å². The fourth-order valence-corrected chi connectivity index (χ4v) is 2.65. The first-order valence-electron chi connectivity index (χ1n) is 7.35. The number of benzene rings is 1. The Hall–Kier alpha value is -1.88. The van der Waals surface area contributed by atoms with E-state index in [0.29, 0.717) is 6.54 Å². The number of carbonyl (C=O) groups is 1. The molecule has 4 nitrogen and oxygen atoms in total. The average Bonchev–Trinajstić information content (AvgIpc) is 2.53. The smallest absolute Gasteiger partial charge is 0.278 e. The lowest BCUT2D eigenvalue weighted by Crippen LogP contribution is -3.19. The van der Waals surface area contributed by atoms with Crippen LogP contribution < -0.4 is 15.1 Å². The van der Waals surface area contributed by atoms with Crippen LogP contribution in [-0.2, 0) is 4.79 Å². The van der Waals surface area contributed by atoms with E-state index in [9.17, 15) is 9.18 Å². The van der Waals surface area contributed by atoms with Gasteiger partial charge < -0.3 is 15.1 Å². The number of nitrogens with zero attached hydrogens (tertiary/aromatic N) is 1. The Morgan fingerprint density at radius 2 is 2.05 bits per heavy atom. The molecule has 2 rings (SSSR count). The number of nitrogens with one attached hydrogen (secondary N) is 2. The number of amides is 1. The number of hydrogen-bond acceptors (Lipinski definition) is 2. The van der Waals surface area contributed by atoms with Crippen molar-refractivity contribution in [3.63, 3.8) is 0 Å². The molecule has 0 aliphatic carbocycles. The van der Waals surface area contributed by atoms with Gasteiger partial charge in [-0.05, 0) is 31.2 Å². The van der Waals surface area contributed by atoms with Gasteiger partial charge in [0.25, 0.3) is 5.91 Å². The van der Waals surface area contributed by atoms with Crippen LogP contribution in [0.2, 0.25) is 0 Å². The second kappa shape index (κ2) is 7.22. The van der Waals surface area contributed by atoms with Crippen LogP contribution in [0, 0.1) is 5.82 Å². The Bertz CT molecular complexity index is 481. The monoisotopic (exact) mass is 292 g/mol. The summed E-state index contributed by atoms with van der Waals surface area (Å²) in [6.07, 6.45) is 1.69. The molecule has 5 heteroatoms. The summed E-state index contributed by atoms with van der Waals surface area (Å²) in [5.41, 5.74) is 1.04. The molecule has 1 saturated heterocycles. The molecule has 114 valence electrons. The van der Waals surface area contributed by atoms with Gasteiger partial charge >= 0.3 is 0 Å².